The molecule has 0 unspecified atom stereocenters. The third-order valence-corrected chi connectivity index (χ3v) is 4.26. The quantitative estimate of drug-likeness (QED) is 0.419. The second-order valence-corrected chi connectivity index (χ2v) is 6.33. The van der Waals surface area contributed by atoms with Crippen LogP contribution in [0.2, 0.25) is 0 Å². The molecule has 3 rings (SSSR count). The molecule has 0 spiro atoms. The summed E-state index contributed by atoms with van der Waals surface area (Å²) in [7, 11) is 0. The summed E-state index contributed by atoms with van der Waals surface area (Å²) in [5.41, 5.74) is 2.87. The minimum Gasteiger partial charge on any atom is -0.403 e. The highest BCUT2D eigenvalue weighted by Gasteiger charge is 2.32. The maximum Gasteiger partial charge on any atom is 0.573 e. The van der Waals surface area contributed by atoms with E-state index in [1.165, 1.54) is 17.7 Å². The van der Waals surface area contributed by atoms with Crippen LogP contribution < -0.4 is 4.74 Å². The van der Waals surface area contributed by atoms with Crippen molar-refractivity contribution in [1.29, 1.82) is 0 Å². The molecule has 0 aliphatic carbocycles. The van der Waals surface area contributed by atoms with Crippen LogP contribution >= 0.6 is 0 Å². The Hall–Kier alpha value is -2.89. The smallest absolute Gasteiger partial charge is 0.403 e. The number of alkyl halides is 3. The molecule has 1 nitrogen and oxygen atoms in total. The lowest BCUT2D eigenvalue weighted by Gasteiger charge is -2.11. The van der Waals surface area contributed by atoms with Crippen LogP contribution in [0.1, 0.15) is 18.9 Å². The number of hydrogen-bond acceptors (Lipinski definition) is 1. The Bertz CT molecular complexity index is 962. The lowest BCUT2D eigenvalue weighted by Crippen LogP contribution is -2.17. The van der Waals surface area contributed by atoms with Crippen molar-refractivity contribution >= 4 is 0 Å². The summed E-state index contributed by atoms with van der Waals surface area (Å²) < 4.78 is 68.8. The lowest BCUT2D eigenvalue weighted by molar-refractivity contribution is -0.275. The second-order valence-electron chi connectivity index (χ2n) is 6.33. The predicted molar refractivity (Wildman–Crippen MR) is 97.9 cm³/mol. The highest BCUT2D eigenvalue weighted by molar-refractivity contribution is 5.71. The predicted octanol–water partition coefficient (Wildman–Crippen LogP) is 7.15. The van der Waals surface area contributed by atoms with Crippen LogP contribution in [0.25, 0.3) is 22.3 Å². The van der Waals surface area contributed by atoms with Crippen LogP contribution in [0.15, 0.2) is 60.7 Å². The zero-order chi connectivity index (χ0) is 20.3. The summed E-state index contributed by atoms with van der Waals surface area (Å²) in [5, 5.41) is 0. The van der Waals surface area contributed by atoms with Crippen molar-refractivity contribution < 1.29 is 26.7 Å². The Kier molecular flexibility index (Phi) is 5.68. The van der Waals surface area contributed by atoms with E-state index in [2.05, 4.69) is 11.7 Å². The van der Waals surface area contributed by atoms with Crippen LogP contribution in [0.4, 0.5) is 22.0 Å². The zero-order valence-electron chi connectivity index (χ0n) is 15.0. The van der Waals surface area contributed by atoms with Crippen molar-refractivity contribution in [3.63, 3.8) is 0 Å². The van der Waals surface area contributed by atoms with Crippen molar-refractivity contribution in [1.82, 2.24) is 0 Å². The molecule has 3 aromatic rings. The van der Waals surface area contributed by atoms with E-state index in [1.54, 1.807) is 12.1 Å². The van der Waals surface area contributed by atoms with Crippen LogP contribution in [-0.4, -0.2) is 6.36 Å². The SMILES string of the molecule is CCCc1ccc(-c2ccc(-c3ccc(OC(F)(F)F)c(F)c3)cc2F)cc1. The average Bonchev–Trinajstić information content (AvgIpc) is 2.63. The van der Waals surface area contributed by atoms with E-state index in [0.717, 1.165) is 25.0 Å². The summed E-state index contributed by atoms with van der Waals surface area (Å²) in [6, 6.07) is 15.0. The maximum absolute atomic E-state index is 14.6. The van der Waals surface area contributed by atoms with Gasteiger partial charge >= 0.3 is 6.36 Å². The molecule has 0 aromatic heterocycles. The van der Waals surface area contributed by atoms with Gasteiger partial charge in [0, 0.05) is 5.56 Å². The zero-order valence-corrected chi connectivity index (χ0v) is 15.0. The van der Waals surface area contributed by atoms with Gasteiger partial charge in [0.2, 0.25) is 0 Å². The first-order chi connectivity index (χ1) is 13.3. The van der Waals surface area contributed by atoms with E-state index in [9.17, 15) is 22.0 Å². The van der Waals surface area contributed by atoms with Gasteiger partial charge in [0.15, 0.2) is 11.6 Å². The van der Waals surface area contributed by atoms with Gasteiger partial charge in [-0.2, -0.15) is 0 Å². The Balaban J connectivity index is 1.87. The van der Waals surface area contributed by atoms with Gasteiger partial charge in [0.05, 0.1) is 0 Å². The van der Waals surface area contributed by atoms with Gasteiger partial charge in [-0.05, 0) is 46.9 Å². The van der Waals surface area contributed by atoms with Gasteiger partial charge in [-0.1, -0.05) is 55.8 Å². The van der Waals surface area contributed by atoms with Crippen LogP contribution in [0, 0.1) is 11.6 Å². The molecule has 0 N–H and O–H groups in total. The van der Waals surface area contributed by atoms with E-state index >= 15 is 0 Å². The molecule has 0 fully saturated rings. The fourth-order valence-corrected chi connectivity index (χ4v) is 2.96. The topological polar surface area (TPSA) is 9.23 Å². The van der Waals surface area contributed by atoms with E-state index in [-0.39, 0.29) is 5.56 Å². The van der Waals surface area contributed by atoms with E-state index < -0.39 is 23.7 Å². The third-order valence-electron chi connectivity index (χ3n) is 4.26. The Morgan fingerprint density at radius 1 is 0.750 bits per heavy atom. The van der Waals surface area contributed by atoms with Gasteiger partial charge in [-0.15, -0.1) is 13.2 Å². The van der Waals surface area contributed by atoms with Crippen molar-refractivity contribution in [2.24, 2.45) is 0 Å². The molecular formula is C22H17F5O. The molecule has 0 aliphatic rings. The summed E-state index contributed by atoms with van der Waals surface area (Å²) in [4.78, 5) is 0. The molecule has 0 bridgehead atoms. The number of ether oxygens (including phenoxy) is 1. The van der Waals surface area contributed by atoms with Gasteiger partial charge in [-0.3, -0.25) is 0 Å². The Morgan fingerprint density at radius 3 is 1.86 bits per heavy atom. The third kappa shape index (κ3) is 4.68. The Labute approximate surface area is 159 Å². The van der Waals surface area contributed by atoms with E-state index in [0.29, 0.717) is 16.7 Å². The monoisotopic (exact) mass is 392 g/mol. The molecule has 0 aliphatic heterocycles. The maximum atomic E-state index is 14.6. The summed E-state index contributed by atoms with van der Waals surface area (Å²) in [6.45, 7) is 2.08. The molecule has 0 saturated heterocycles. The van der Waals surface area contributed by atoms with Crippen LogP contribution in [-0.2, 0) is 6.42 Å². The molecule has 6 heteroatoms. The Morgan fingerprint density at radius 2 is 1.32 bits per heavy atom. The molecule has 0 heterocycles. The van der Waals surface area contributed by atoms with Crippen molar-refractivity contribution in [2.45, 2.75) is 26.1 Å². The highest BCUT2D eigenvalue weighted by atomic mass is 19.4. The molecule has 0 amide bonds. The van der Waals surface area contributed by atoms with Gasteiger partial charge < -0.3 is 4.74 Å². The number of rotatable bonds is 5. The van der Waals surface area contributed by atoms with Crippen molar-refractivity contribution in [3.8, 4) is 28.0 Å². The van der Waals surface area contributed by atoms with Crippen molar-refractivity contribution in [2.75, 3.05) is 0 Å². The van der Waals surface area contributed by atoms with Gasteiger partial charge in [0.25, 0.3) is 0 Å². The molecule has 3 aromatic carbocycles. The minimum atomic E-state index is -4.98. The normalized spacial score (nSPS) is 11.5. The number of halogens is 5. The average molecular weight is 392 g/mol. The van der Waals surface area contributed by atoms with Crippen LogP contribution in [0.5, 0.6) is 5.75 Å². The summed E-state index contributed by atoms with van der Waals surface area (Å²) in [6.07, 6.45) is -3.02. The fourth-order valence-electron chi connectivity index (χ4n) is 2.96. The number of aryl methyl sites for hydroxylation is 1. The highest BCUT2D eigenvalue weighted by Crippen LogP contribution is 2.32. The fraction of sp³-hybridized carbons (Fsp3) is 0.182. The van der Waals surface area contributed by atoms with E-state index in [4.69, 9.17) is 0 Å². The first-order valence-electron chi connectivity index (χ1n) is 8.71. The standard InChI is InChI=1S/C22H17F5O/c1-2-3-14-4-6-15(7-5-14)18-10-8-16(12-19(18)23)17-9-11-21(20(24)13-17)28-22(25,26)27/h4-13H,2-3H2,1H3. The van der Waals surface area contributed by atoms with Crippen molar-refractivity contribution in [3.05, 3.63) is 77.9 Å². The molecular weight excluding hydrogens is 375 g/mol. The summed E-state index contributed by atoms with van der Waals surface area (Å²) in [5.74, 6) is -2.61. The van der Waals surface area contributed by atoms with Crippen LogP contribution in [0.3, 0.4) is 0 Å². The first-order valence-corrected chi connectivity index (χ1v) is 8.71. The molecule has 0 atom stereocenters. The second kappa shape index (κ2) is 8.00. The minimum absolute atomic E-state index is 0.246. The molecule has 0 radical (unpaired) electrons. The summed E-state index contributed by atoms with van der Waals surface area (Å²) >= 11 is 0. The first kappa shape index (κ1) is 19.9. The largest absolute Gasteiger partial charge is 0.573 e. The number of hydrogen-bond donors (Lipinski definition) is 0. The molecule has 146 valence electrons. The lowest BCUT2D eigenvalue weighted by atomic mass is 9.98. The number of benzene rings is 3. The van der Waals surface area contributed by atoms with E-state index in [1.807, 2.05) is 24.3 Å². The van der Waals surface area contributed by atoms with Gasteiger partial charge in [0.1, 0.15) is 5.82 Å². The molecule has 0 saturated carbocycles. The van der Waals surface area contributed by atoms with Gasteiger partial charge in [-0.25, -0.2) is 8.78 Å². The molecule has 28 heavy (non-hydrogen) atoms.